The van der Waals surface area contributed by atoms with Gasteiger partial charge in [0.25, 0.3) is 5.91 Å². The molecule has 0 unspecified atom stereocenters. The molecule has 1 aliphatic heterocycles. The number of carbonyl (C=O) groups is 1. The zero-order valence-electron chi connectivity index (χ0n) is 15.6. The number of halogens is 1. The number of anilines is 1. The summed E-state index contributed by atoms with van der Waals surface area (Å²) >= 11 is 5.98. The maximum atomic E-state index is 13.5. The van der Waals surface area contributed by atoms with Crippen LogP contribution in [0.2, 0.25) is 5.02 Å². The number of nitrogens with zero attached hydrogens (tertiary/aromatic N) is 1. The Bertz CT molecular complexity index is 1060. The van der Waals surface area contributed by atoms with Crippen molar-refractivity contribution in [3.05, 3.63) is 88.4 Å². The molecule has 1 atom stereocenters. The van der Waals surface area contributed by atoms with Crippen molar-refractivity contribution in [1.82, 2.24) is 0 Å². The summed E-state index contributed by atoms with van der Waals surface area (Å²) in [5, 5.41) is 20.8. The summed E-state index contributed by atoms with van der Waals surface area (Å²) in [6, 6.07) is 18.6. The number of rotatable bonds is 2. The highest BCUT2D eigenvalue weighted by molar-refractivity contribution is 6.30. The molecule has 1 aliphatic rings. The molecule has 1 amide bonds. The Morgan fingerprint density at radius 1 is 1.00 bits per heavy atom. The van der Waals surface area contributed by atoms with Crippen LogP contribution in [0.15, 0.2) is 66.7 Å². The summed E-state index contributed by atoms with van der Waals surface area (Å²) in [7, 11) is 0. The maximum Gasteiger partial charge on any atom is 0.258 e. The quantitative estimate of drug-likeness (QED) is 0.610. The van der Waals surface area contributed by atoms with E-state index in [1.807, 2.05) is 24.3 Å². The van der Waals surface area contributed by atoms with E-state index in [4.69, 9.17) is 11.6 Å². The van der Waals surface area contributed by atoms with E-state index in [0.717, 1.165) is 11.3 Å². The average Bonchev–Trinajstić information content (AvgIpc) is 2.90. The summed E-state index contributed by atoms with van der Waals surface area (Å²) in [5.74, 6) is -0.239. The van der Waals surface area contributed by atoms with Crippen molar-refractivity contribution in [1.29, 1.82) is 0 Å². The molecule has 28 heavy (non-hydrogen) atoms. The van der Waals surface area contributed by atoms with Gasteiger partial charge in [-0.3, -0.25) is 9.69 Å². The number of carbonyl (C=O) groups excluding carboxylic acids is 1. The first kappa shape index (κ1) is 18.4. The largest absolute Gasteiger partial charge is 0.508 e. The van der Waals surface area contributed by atoms with Crippen molar-refractivity contribution in [3.63, 3.8) is 0 Å². The average molecular weight is 394 g/mol. The highest BCUT2D eigenvalue weighted by Crippen LogP contribution is 2.54. The SMILES string of the molecule is CC1(C)c2ccccc2N(C(=O)c2ccc(Cl)cc2)[C@@H]1c1ccc(O)cc1O. The highest BCUT2D eigenvalue weighted by atomic mass is 35.5. The molecule has 0 fully saturated rings. The summed E-state index contributed by atoms with van der Waals surface area (Å²) < 4.78 is 0. The Balaban J connectivity index is 1.91. The van der Waals surface area contributed by atoms with Crippen LogP contribution in [-0.2, 0) is 5.41 Å². The number of benzene rings is 3. The molecule has 5 heteroatoms. The predicted molar refractivity (Wildman–Crippen MR) is 110 cm³/mol. The van der Waals surface area contributed by atoms with Gasteiger partial charge in [0.1, 0.15) is 11.5 Å². The molecular weight excluding hydrogens is 374 g/mol. The van der Waals surface area contributed by atoms with Crippen LogP contribution >= 0.6 is 11.6 Å². The second-order valence-corrected chi connectivity index (χ2v) is 8.00. The molecule has 0 aromatic heterocycles. The van der Waals surface area contributed by atoms with Gasteiger partial charge in [-0.05, 0) is 48.0 Å². The van der Waals surface area contributed by atoms with Gasteiger partial charge in [0, 0.05) is 33.3 Å². The molecule has 0 saturated heterocycles. The van der Waals surface area contributed by atoms with Crippen molar-refractivity contribution in [3.8, 4) is 11.5 Å². The summed E-state index contributed by atoms with van der Waals surface area (Å²) in [5.41, 5.74) is 2.48. The van der Waals surface area contributed by atoms with Crippen LogP contribution in [0.5, 0.6) is 11.5 Å². The molecule has 142 valence electrons. The molecular formula is C23H20ClNO3. The van der Waals surface area contributed by atoms with E-state index >= 15 is 0 Å². The van der Waals surface area contributed by atoms with E-state index in [-0.39, 0.29) is 17.4 Å². The van der Waals surface area contributed by atoms with Crippen LogP contribution in [0, 0.1) is 0 Å². The molecule has 0 bridgehead atoms. The number of fused-ring (bicyclic) bond motifs is 1. The lowest BCUT2D eigenvalue weighted by Gasteiger charge is -2.34. The molecule has 1 heterocycles. The van der Waals surface area contributed by atoms with Gasteiger partial charge in [-0.15, -0.1) is 0 Å². The number of aromatic hydroxyl groups is 2. The van der Waals surface area contributed by atoms with Gasteiger partial charge in [0.15, 0.2) is 0 Å². The van der Waals surface area contributed by atoms with Crippen molar-refractivity contribution < 1.29 is 15.0 Å². The maximum absolute atomic E-state index is 13.5. The van der Waals surface area contributed by atoms with Gasteiger partial charge in [-0.25, -0.2) is 0 Å². The molecule has 0 aliphatic carbocycles. The zero-order chi connectivity index (χ0) is 20.1. The topological polar surface area (TPSA) is 60.8 Å². The van der Waals surface area contributed by atoms with Gasteiger partial charge >= 0.3 is 0 Å². The Labute approximate surface area is 168 Å². The molecule has 0 radical (unpaired) electrons. The fourth-order valence-electron chi connectivity index (χ4n) is 4.09. The number of hydrogen-bond acceptors (Lipinski definition) is 3. The Morgan fingerprint density at radius 3 is 2.36 bits per heavy atom. The standard InChI is InChI=1S/C23H20ClNO3/c1-23(2)18-5-3-4-6-19(18)25(22(28)14-7-9-15(24)10-8-14)21(23)17-12-11-16(26)13-20(17)27/h3-13,21,26-27H,1-2H3/t21-/m1/s1. The number of phenolic OH excluding ortho intramolecular Hbond substituents is 2. The van der Waals surface area contributed by atoms with Crippen LogP contribution in [-0.4, -0.2) is 16.1 Å². The third kappa shape index (κ3) is 2.81. The fourth-order valence-corrected chi connectivity index (χ4v) is 4.21. The van der Waals surface area contributed by atoms with Crippen molar-refractivity contribution in [2.24, 2.45) is 0 Å². The van der Waals surface area contributed by atoms with E-state index in [2.05, 4.69) is 13.8 Å². The van der Waals surface area contributed by atoms with Crippen LogP contribution in [0.25, 0.3) is 0 Å². The minimum Gasteiger partial charge on any atom is -0.508 e. The number of amides is 1. The van der Waals surface area contributed by atoms with Gasteiger partial charge < -0.3 is 10.2 Å². The van der Waals surface area contributed by atoms with Gasteiger partial charge in [-0.1, -0.05) is 43.6 Å². The first-order chi connectivity index (χ1) is 13.3. The minimum absolute atomic E-state index is 0.0230. The Kier molecular flexibility index (Phi) is 4.31. The zero-order valence-corrected chi connectivity index (χ0v) is 16.3. The smallest absolute Gasteiger partial charge is 0.258 e. The van der Waals surface area contributed by atoms with Crippen LogP contribution in [0.1, 0.15) is 41.4 Å². The number of phenols is 2. The van der Waals surface area contributed by atoms with Gasteiger partial charge in [-0.2, -0.15) is 0 Å². The summed E-state index contributed by atoms with van der Waals surface area (Å²) in [4.78, 5) is 15.2. The van der Waals surface area contributed by atoms with Gasteiger partial charge in [0.2, 0.25) is 0 Å². The lowest BCUT2D eigenvalue weighted by atomic mass is 9.77. The number of hydrogen-bond donors (Lipinski definition) is 2. The van der Waals surface area contributed by atoms with E-state index in [9.17, 15) is 15.0 Å². The second kappa shape index (κ2) is 6.57. The van der Waals surface area contributed by atoms with E-state index in [1.165, 1.54) is 12.1 Å². The number of para-hydroxylation sites is 1. The lowest BCUT2D eigenvalue weighted by molar-refractivity contribution is 0.0971. The first-order valence-electron chi connectivity index (χ1n) is 9.01. The highest BCUT2D eigenvalue weighted by Gasteiger charge is 2.48. The van der Waals surface area contributed by atoms with Crippen LogP contribution in [0.4, 0.5) is 5.69 Å². The molecule has 4 nitrogen and oxygen atoms in total. The van der Waals surface area contributed by atoms with Crippen LogP contribution in [0.3, 0.4) is 0 Å². The summed E-state index contributed by atoms with van der Waals surface area (Å²) in [6.45, 7) is 4.11. The van der Waals surface area contributed by atoms with Crippen molar-refractivity contribution >= 4 is 23.2 Å². The van der Waals surface area contributed by atoms with E-state index in [1.54, 1.807) is 35.2 Å². The van der Waals surface area contributed by atoms with Gasteiger partial charge in [0.05, 0.1) is 6.04 Å². The normalized spacial score (nSPS) is 17.4. The first-order valence-corrected chi connectivity index (χ1v) is 9.39. The van der Waals surface area contributed by atoms with Crippen molar-refractivity contribution in [2.75, 3.05) is 4.90 Å². The van der Waals surface area contributed by atoms with E-state index < -0.39 is 11.5 Å². The monoisotopic (exact) mass is 393 g/mol. The molecule has 3 aromatic carbocycles. The third-order valence-corrected chi connectivity index (χ3v) is 5.67. The molecule has 2 N–H and O–H groups in total. The third-order valence-electron chi connectivity index (χ3n) is 5.42. The Hall–Kier alpha value is -2.98. The molecule has 4 rings (SSSR count). The lowest BCUT2D eigenvalue weighted by Crippen LogP contribution is -2.38. The summed E-state index contributed by atoms with van der Waals surface area (Å²) in [6.07, 6.45) is 0. The molecule has 3 aromatic rings. The van der Waals surface area contributed by atoms with Crippen LogP contribution < -0.4 is 4.90 Å². The van der Waals surface area contributed by atoms with Crippen molar-refractivity contribution in [2.45, 2.75) is 25.3 Å². The second-order valence-electron chi connectivity index (χ2n) is 7.57. The fraction of sp³-hybridized carbons (Fsp3) is 0.174. The Morgan fingerprint density at radius 2 is 1.68 bits per heavy atom. The predicted octanol–water partition coefficient (Wildman–Crippen LogP) is 5.43. The molecule has 0 spiro atoms. The molecule has 0 saturated carbocycles. The van der Waals surface area contributed by atoms with E-state index in [0.29, 0.717) is 16.1 Å². The minimum atomic E-state index is -0.451.